The van der Waals surface area contributed by atoms with E-state index in [1.807, 2.05) is 24.3 Å². The average Bonchev–Trinajstić information content (AvgIpc) is 3.22. The highest BCUT2D eigenvalue weighted by Gasteiger charge is 2.24. The smallest absolute Gasteiger partial charge is 0.251 e. The first-order chi connectivity index (χ1) is 13.4. The standard InChI is InChI=1S/C20H24ClN3O3S/c1-22-28(26,27)18-9-7-15(8-10-18)20(25)23-14-19(24-11-2-3-12-24)16-5-4-6-17(21)13-16/h4-10,13,19,22H,2-3,11-12,14H2,1H3,(H,23,25). The van der Waals surface area contributed by atoms with E-state index in [4.69, 9.17) is 11.6 Å². The second kappa shape index (κ2) is 9.05. The first-order valence-corrected chi connectivity index (χ1v) is 11.1. The number of hydrogen-bond donors (Lipinski definition) is 2. The second-order valence-electron chi connectivity index (χ2n) is 6.76. The maximum atomic E-state index is 12.6. The lowest BCUT2D eigenvalue weighted by Crippen LogP contribution is -2.36. The summed E-state index contributed by atoms with van der Waals surface area (Å²) in [5.41, 5.74) is 1.49. The highest BCUT2D eigenvalue weighted by molar-refractivity contribution is 7.89. The molecule has 0 aromatic heterocycles. The van der Waals surface area contributed by atoms with Gasteiger partial charge in [0.15, 0.2) is 0 Å². The van der Waals surface area contributed by atoms with Gasteiger partial charge < -0.3 is 5.32 Å². The molecule has 28 heavy (non-hydrogen) atoms. The molecule has 1 saturated heterocycles. The van der Waals surface area contributed by atoms with Crippen LogP contribution in [0.25, 0.3) is 0 Å². The number of sulfonamides is 1. The van der Waals surface area contributed by atoms with Crippen LogP contribution in [0.1, 0.15) is 34.8 Å². The Balaban J connectivity index is 1.71. The van der Waals surface area contributed by atoms with Crippen molar-refractivity contribution in [2.24, 2.45) is 0 Å². The number of halogens is 1. The van der Waals surface area contributed by atoms with E-state index in [0.717, 1.165) is 31.5 Å². The fraction of sp³-hybridized carbons (Fsp3) is 0.350. The molecular formula is C20H24ClN3O3S. The van der Waals surface area contributed by atoms with Gasteiger partial charge in [-0.25, -0.2) is 13.1 Å². The normalized spacial score (nSPS) is 16.1. The molecule has 0 radical (unpaired) electrons. The Morgan fingerprint density at radius 2 is 1.82 bits per heavy atom. The van der Waals surface area contributed by atoms with E-state index in [-0.39, 0.29) is 16.8 Å². The Labute approximate surface area is 170 Å². The fourth-order valence-corrected chi connectivity index (χ4v) is 4.35. The van der Waals surface area contributed by atoms with Crippen molar-refractivity contribution < 1.29 is 13.2 Å². The highest BCUT2D eigenvalue weighted by Crippen LogP contribution is 2.26. The summed E-state index contributed by atoms with van der Waals surface area (Å²) in [6.07, 6.45) is 2.29. The molecule has 0 spiro atoms. The van der Waals surface area contributed by atoms with Crippen molar-refractivity contribution in [3.8, 4) is 0 Å². The van der Waals surface area contributed by atoms with Crippen LogP contribution in [0.2, 0.25) is 5.02 Å². The SMILES string of the molecule is CNS(=O)(=O)c1ccc(C(=O)NCC(c2cccc(Cl)c2)N2CCCC2)cc1. The Morgan fingerprint density at radius 1 is 1.14 bits per heavy atom. The highest BCUT2D eigenvalue weighted by atomic mass is 35.5. The predicted molar refractivity (Wildman–Crippen MR) is 110 cm³/mol. The van der Waals surface area contributed by atoms with Gasteiger partial charge in [0.1, 0.15) is 0 Å². The molecule has 150 valence electrons. The van der Waals surface area contributed by atoms with Gasteiger partial charge in [-0.05, 0) is 74.9 Å². The molecular weight excluding hydrogens is 398 g/mol. The van der Waals surface area contributed by atoms with Gasteiger partial charge in [-0.3, -0.25) is 9.69 Å². The number of nitrogens with zero attached hydrogens (tertiary/aromatic N) is 1. The zero-order chi connectivity index (χ0) is 20.1. The van der Waals surface area contributed by atoms with Gasteiger partial charge in [-0.2, -0.15) is 0 Å². The van der Waals surface area contributed by atoms with Gasteiger partial charge >= 0.3 is 0 Å². The number of hydrogen-bond acceptors (Lipinski definition) is 4. The summed E-state index contributed by atoms with van der Waals surface area (Å²) in [7, 11) is -2.17. The lowest BCUT2D eigenvalue weighted by atomic mass is 10.1. The van der Waals surface area contributed by atoms with E-state index in [2.05, 4.69) is 14.9 Å². The Morgan fingerprint density at radius 3 is 2.43 bits per heavy atom. The zero-order valence-electron chi connectivity index (χ0n) is 15.7. The topological polar surface area (TPSA) is 78.5 Å². The second-order valence-corrected chi connectivity index (χ2v) is 9.08. The summed E-state index contributed by atoms with van der Waals surface area (Å²) >= 11 is 6.16. The molecule has 1 unspecified atom stereocenters. The summed E-state index contributed by atoms with van der Waals surface area (Å²) in [5.74, 6) is -0.236. The molecule has 1 aliphatic heterocycles. The molecule has 2 aromatic carbocycles. The van der Waals surface area contributed by atoms with Crippen LogP contribution in [0.5, 0.6) is 0 Å². The minimum absolute atomic E-state index is 0.0501. The van der Waals surface area contributed by atoms with Crippen molar-refractivity contribution in [2.45, 2.75) is 23.8 Å². The van der Waals surface area contributed by atoms with Gasteiger partial charge in [0.2, 0.25) is 10.0 Å². The van der Waals surface area contributed by atoms with E-state index in [9.17, 15) is 13.2 Å². The molecule has 1 atom stereocenters. The van der Waals surface area contributed by atoms with Gasteiger partial charge in [-0.1, -0.05) is 23.7 Å². The van der Waals surface area contributed by atoms with Crippen LogP contribution >= 0.6 is 11.6 Å². The minimum atomic E-state index is -3.52. The molecule has 1 aliphatic rings. The predicted octanol–water partition coefficient (Wildman–Crippen LogP) is 2.82. The van der Waals surface area contributed by atoms with Crippen LogP contribution in [-0.4, -0.2) is 45.9 Å². The zero-order valence-corrected chi connectivity index (χ0v) is 17.3. The van der Waals surface area contributed by atoms with Crippen LogP contribution in [0.15, 0.2) is 53.4 Å². The number of nitrogens with one attached hydrogen (secondary N) is 2. The van der Waals surface area contributed by atoms with Crippen LogP contribution in [0.4, 0.5) is 0 Å². The number of rotatable bonds is 7. The Kier molecular flexibility index (Phi) is 6.72. The van der Waals surface area contributed by atoms with E-state index < -0.39 is 10.0 Å². The van der Waals surface area contributed by atoms with Gasteiger partial charge in [0.05, 0.1) is 10.9 Å². The van der Waals surface area contributed by atoms with E-state index >= 15 is 0 Å². The summed E-state index contributed by atoms with van der Waals surface area (Å²) in [5, 5.41) is 3.65. The average molecular weight is 422 g/mol. The lowest BCUT2D eigenvalue weighted by molar-refractivity contribution is 0.0938. The van der Waals surface area contributed by atoms with Crippen LogP contribution in [0, 0.1) is 0 Å². The van der Waals surface area contributed by atoms with Crippen molar-refractivity contribution >= 4 is 27.5 Å². The molecule has 6 nitrogen and oxygen atoms in total. The largest absolute Gasteiger partial charge is 0.350 e. The molecule has 1 fully saturated rings. The lowest BCUT2D eigenvalue weighted by Gasteiger charge is -2.28. The molecule has 3 rings (SSSR count). The number of benzene rings is 2. The third-order valence-electron chi connectivity index (χ3n) is 4.97. The molecule has 0 saturated carbocycles. The summed E-state index contributed by atoms with van der Waals surface area (Å²) < 4.78 is 25.9. The molecule has 2 aromatic rings. The molecule has 8 heteroatoms. The van der Waals surface area contributed by atoms with Crippen LogP contribution in [-0.2, 0) is 10.0 Å². The quantitative estimate of drug-likeness (QED) is 0.720. The monoisotopic (exact) mass is 421 g/mol. The molecule has 1 heterocycles. The number of amides is 1. The number of likely N-dealkylation sites (tertiary alicyclic amines) is 1. The summed E-state index contributed by atoms with van der Waals surface area (Å²) in [6.45, 7) is 2.43. The third kappa shape index (κ3) is 4.91. The van der Waals surface area contributed by atoms with Crippen LogP contribution in [0.3, 0.4) is 0 Å². The first kappa shape index (κ1) is 20.8. The molecule has 1 amide bonds. The molecule has 0 bridgehead atoms. The van der Waals surface area contributed by atoms with Gasteiger partial charge in [0.25, 0.3) is 5.91 Å². The van der Waals surface area contributed by atoms with E-state index in [1.165, 1.54) is 31.3 Å². The summed E-state index contributed by atoms with van der Waals surface area (Å²) in [4.78, 5) is 15.1. The molecule has 2 N–H and O–H groups in total. The Bertz CT molecular complexity index is 926. The van der Waals surface area contributed by atoms with E-state index in [1.54, 1.807) is 0 Å². The van der Waals surface area contributed by atoms with Gasteiger partial charge in [-0.15, -0.1) is 0 Å². The number of carbonyl (C=O) groups is 1. The van der Waals surface area contributed by atoms with Crippen molar-refractivity contribution in [1.29, 1.82) is 0 Å². The Hall–Kier alpha value is -1.93. The van der Waals surface area contributed by atoms with Crippen molar-refractivity contribution in [3.05, 3.63) is 64.7 Å². The maximum absolute atomic E-state index is 12.6. The first-order valence-electron chi connectivity index (χ1n) is 9.22. The van der Waals surface area contributed by atoms with E-state index in [0.29, 0.717) is 17.1 Å². The third-order valence-corrected chi connectivity index (χ3v) is 6.63. The maximum Gasteiger partial charge on any atom is 0.251 e. The van der Waals surface area contributed by atoms with Crippen LogP contribution < -0.4 is 10.0 Å². The van der Waals surface area contributed by atoms with Gasteiger partial charge in [0, 0.05) is 17.1 Å². The minimum Gasteiger partial charge on any atom is -0.350 e. The summed E-state index contributed by atoms with van der Waals surface area (Å²) in [6, 6.07) is 13.7. The number of carbonyl (C=O) groups excluding carboxylic acids is 1. The molecule has 0 aliphatic carbocycles. The van der Waals surface area contributed by atoms with Crippen molar-refractivity contribution in [2.75, 3.05) is 26.7 Å². The van der Waals surface area contributed by atoms with Crippen molar-refractivity contribution in [1.82, 2.24) is 14.9 Å². The fourth-order valence-electron chi connectivity index (χ4n) is 3.42. The van der Waals surface area contributed by atoms with Crippen molar-refractivity contribution in [3.63, 3.8) is 0 Å².